The minimum absolute atomic E-state index is 0.176. The number of benzene rings is 3. The second-order valence-corrected chi connectivity index (χ2v) is 6.89. The molecule has 0 saturated carbocycles. The van der Waals surface area contributed by atoms with Crippen LogP contribution in [0.2, 0.25) is 0 Å². The van der Waals surface area contributed by atoms with Gasteiger partial charge in [0.25, 0.3) is 11.7 Å². The number of ketones is 1. The van der Waals surface area contributed by atoms with Gasteiger partial charge in [-0.2, -0.15) is 0 Å². The molecule has 1 saturated heterocycles. The predicted octanol–water partition coefficient (Wildman–Crippen LogP) is 4.60. The number of amides is 1. The van der Waals surface area contributed by atoms with E-state index in [0.717, 1.165) is 12.1 Å². The van der Waals surface area contributed by atoms with Crippen molar-refractivity contribution in [2.45, 2.75) is 6.04 Å². The van der Waals surface area contributed by atoms with E-state index in [1.807, 2.05) is 0 Å². The number of carbonyl (C=O) groups is 2. The van der Waals surface area contributed by atoms with Gasteiger partial charge < -0.3 is 9.84 Å². The van der Waals surface area contributed by atoms with Gasteiger partial charge in [0.2, 0.25) is 0 Å². The van der Waals surface area contributed by atoms with Crippen LogP contribution < -0.4 is 9.64 Å². The highest BCUT2D eigenvalue weighted by Crippen LogP contribution is 2.44. The first kappa shape index (κ1) is 20.3. The first-order valence-corrected chi connectivity index (χ1v) is 9.38. The Kier molecular flexibility index (Phi) is 5.25. The number of aliphatic hydroxyl groups is 1. The minimum Gasteiger partial charge on any atom is -0.507 e. The third-order valence-corrected chi connectivity index (χ3v) is 5.10. The molecule has 1 aliphatic rings. The number of rotatable bonds is 4. The van der Waals surface area contributed by atoms with E-state index in [4.69, 9.17) is 4.74 Å². The number of Topliss-reactive ketones (excluding diaryl/α,β-unsaturated/α-hetero) is 1. The van der Waals surface area contributed by atoms with E-state index in [1.165, 1.54) is 48.4 Å². The van der Waals surface area contributed by atoms with Gasteiger partial charge >= 0.3 is 0 Å². The summed E-state index contributed by atoms with van der Waals surface area (Å²) >= 11 is 0. The second kappa shape index (κ2) is 8.02. The molecule has 0 bridgehead atoms. The number of hydrogen-bond donors (Lipinski definition) is 1. The van der Waals surface area contributed by atoms with Crippen molar-refractivity contribution in [3.63, 3.8) is 0 Å². The Morgan fingerprint density at radius 2 is 1.48 bits per heavy atom. The van der Waals surface area contributed by atoms with E-state index in [9.17, 15) is 23.5 Å². The molecule has 1 unspecified atom stereocenters. The summed E-state index contributed by atoms with van der Waals surface area (Å²) < 4.78 is 32.2. The smallest absolute Gasteiger partial charge is 0.300 e. The summed E-state index contributed by atoms with van der Waals surface area (Å²) in [5.41, 5.74) is 0.735. The number of ether oxygens (including phenoxy) is 1. The molecule has 0 radical (unpaired) electrons. The molecule has 1 fully saturated rings. The van der Waals surface area contributed by atoms with Crippen molar-refractivity contribution in [2.75, 3.05) is 12.0 Å². The van der Waals surface area contributed by atoms with E-state index in [1.54, 1.807) is 24.3 Å². The molecule has 1 heterocycles. The summed E-state index contributed by atoms with van der Waals surface area (Å²) in [5, 5.41) is 11.0. The number of para-hydroxylation sites is 1. The average molecular weight is 421 g/mol. The highest BCUT2D eigenvalue weighted by molar-refractivity contribution is 6.51. The molecule has 156 valence electrons. The number of hydrogen-bond acceptors (Lipinski definition) is 4. The summed E-state index contributed by atoms with van der Waals surface area (Å²) in [4.78, 5) is 27.2. The fraction of sp³-hybridized carbons (Fsp3) is 0.0833. The maximum atomic E-state index is 13.5. The van der Waals surface area contributed by atoms with Crippen LogP contribution in [0.25, 0.3) is 5.76 Å². The molecule has 4 rings (SSSR count). The Bertz CT molecular complexity index is 1190. The lowest BCUT2D eigenvalue weighted by Crippen LogP contribution is -2.29. The molecular weight excluding hydrogens is 404 g/mol. The Morgan fingerprint density at radius 3 is 2.10 bits per heavy atom. The Labute approximate surface area is 176 Å². The third kappa shape index (κ3) is 3.54. The Balaban J connectivity index is 1.97. The predicted molar refractivity (Wildman–Crippen MR) is 111 cm³/mol. The first-order valence-electron chi connectivity index (χ1n) is 9.38. The molecule has 3 aromatic carbocycles. The van der Waals surface area contributed by atoms with E-state index in [2.05, 4.69) is 0 Å². The number of halogens is 2. The molecule has 1 aliphatic heterocycles. The lowest BCUT2D eigenvalue weighted by molar-refractivity contribution is -0.132. The van der Waals surface area contributed by atoms with Crippen LogP contribution in [-0.2, 0) is 9.59 Å². The van der Waals surface area contributed by atoms with Gasteiger partial charge in [0, 0.05) is 16.8 Å². The van der Waals surface area contributed by atoms with Gasteiger partial charge in [-0.25, -0.2) is 8.78 Å². The standard InChI is InChI=1S/C24H17F2NO4/c1-31-19-5-3-2-4-18(19)21-20(22(28)14-6-8-15(25)9-7-14)23(29)24(30)27(21)17-12-10-16(26)11-13-17/h2-13,21,28H,1H3/b22-20-. The van der Waals surface area contributed by atoms with Crippen LogP contribution in [0.15, 0.2) is 78.4 Å². The number of methoxy groups -OCH3 is 1. The molecule has 3 aromatic rings. The minimum atomic E-state index is -1.04. The first-order chi connectivity index (χ1) is 14.9. The molecule has 1 atom stereocenters. The van der Waals surface area contributed by atoms with Gasteiger partial charge in [-0.15, -0.1) is 0 Å². The van der Waals surface area contributed by atoms with Crippen LogP contribution in [0.5, 0.6) is 5.75 Å². The van der Waals surface area contributed by atoms with Crippen molar-refractivity contribution in [2.24, 2.45) is 0 Å². The number of carbonyl (C=O) groups excluding carboxylic acids is 2. The van der Waals surface area contributed by atoms with Crippen LogP contribution in [0.4, 0.5) is 14.5 Å². The molecule has 5 nitrogen and oxygen atoms in total. The molecule has 1 amide bonds. The lowest BCUT2D eigenvalue weighted by atomic mass is 9.94. The van der Waals surface area contributed by atoms with Gasteiger partial charge in [-0.05, 0) is 54.6 Å². The van der Waals surface area contributed by atoms with Gasteiger partial charge in [-0.3, -0.25) is 14.5 Å². The fourth-order valence-electron chi connectivity index (χ4n) is 3.65. The third-order valence-electron chi connectivity index (χ3n) is 5.10. The van der Waals surface area contributed by atoms with Crippen molar-refractivity contribution in [1.29, 1.82) is 0 Å². The van der Waals surface area contributed by atoms with Gasteiger partial charge in [-0.1, -0.05) is 18.2 Å². The summed E-state index contributed by atoms with van der Waals surface area (Å²) in [7, 11) is 1.45. The Hall–Kier alpha value is -4.00. The number of anilines is 1. The molecule has 1 N–H and O–H groups in total. The van der Waals surface area contributed by atoms with Crippen molar-refractivity contribution < 1.29 is 28.2 Å². The average Bonchev–Trinajstić information content (AvgIpc) is 3.05. The van der Waals surface area contributed by atoms with Crippen LogP contribution in [0.1, 0.15) is 17.2 Å². The Morgan fingerprint density at radius 1 is 0.903 bits per heavy atom. The largest absolute Gasteiger partial charge is 0.507 e. The monoisotopic (exact) mass is 421 g/mol. The SMILES string of the molecule is COc1ccccc1C1/C(=C(/O)c2ccc(F)cc2)C(=O)C(=O)N1c1ccc(F)cc1. The normalized spacial score (nSPS) is 17.8. The van der Waals surface area contributed by atoms with Crippen LogP contribution in [0.3, 0.4) is 0 Å². The van der Waals surface area contributed by atoms with E-state index < -0.39 is 35.1 Å². The zero-order chi connectivity index (χ0) is 22.1. The van der Waals surface area contributed by atoms with E-state index in [0.29, 0.717) is 11.3 Å². The van der Waals surface area contributed by atoms with Crippen molar-refractivity contribution in [3.05, 3.63) is 101 Å². The molecule has 7 heteroatoms. The van der Waals surface area contributed by atoms with Crippen molar-refractivity contribution in [3.8, 4) is 5.75 Å². The number of aliphatic hydroxyl groups excluding tert-OH is 1. The lowest BCUT2D eigenvalue weighted by Gasteiger charge is -2.26. The van der Waals surface area contributed by atoms with Crippen LogP contribution in [-0.4, -0.2) is 23.9 Å². The summed E-state index contributed by atoms with van der Waals surface area (Å²) in [6.45, 7) is 0. The molecule has 0 aromatic heterocycles. The fourth-order valence-corrected chi connectivity index (χ4v) is 3.65. The van der Waals surface area contributed by atoms with Crippen LogP contribution in [0, 0.1) is 11.6 Å². The quantitative estimate of drug-likeness (QED) is 0.380. The van der Waals surface area contributed by atoms with E-state index in [-0.39, 0.29) is 16.8 Å². The number of nitrogens with zero attached hydrogens (tertiary/aromatic N) is 1. The maximum Gasteiger partial charge on any atom is 0.300 e. The highest BCUT2D eigenvalue weighted by atomic mass is 19.1. The zero-order valence-electron chi connectivity index (χ0n) is 16.4. The summed E-state index contributed by atoms with van der Waals surface area (Å²) in [5.74, 6) is -2.86. The molecule has 0 aliphatic carbocycles. The topological polar surface area (TPSA) is 66.8 Å². The molecular formula is C24H17F2NO4. The van der Waals surface area contributed by atoms with Gasteiger partial charge in [0.1, 0.15) is 23.1 Å². The molecule has 0 spiro atoms. The summed E-state index contributed by atoms with van der Waals surface area (Å²) in [6, 6.07) is 15.8. The second-order valence-electron chi connectivity index (χ2n) is 6.89. The van der Waals surface area contributed by atoms with E-state index >= 15 is 0 Å². The van der Waals surface area contributed by atoms with Gasteiger partial charge in [0.15, 0.2) is 0 Å². The maximum absolute atomic E-state index is 13.5. The van der Waals surface area contributed by atoms with Crippen molar-refractivity contribution >= 4 is 23.1 Å². The van der Waals surface area contributed by atoms with Gasteiger partial charge in [0.05, 0.1) is 18.7 Å². The van der Waals surface area contributed by atoms with Crippen molar-refractivity contribution in [1.82, 2.24) is 0 Å². The van der Waals surface area contributed by atoms with Crippen LogP contribution >= 0.6 is 0 Å². The zero-order valence-corrected chi connectivity index (χ0v) is 16.4. The summed E-state index contributed by atoms with van der Waals surface area (Å²) in [6.07, 6.45) is 0. The highest BCUT2D eigenvalue weighted by Gasteiger charge is 2.47. The molecule has 31 heavy (non-hydrogen) atoms.